The lowest BCUT2D eigenvalue weighted by Gasteiger charge is -2.14. The maximum absolute atomic E-state index is 13.4. The van der Waals surface area contributed by atoms with Gasteiger partial charge in [0.05, 0.1) is 5.69 Å². The first-order valence-electron chi connectivity index (χ1n) is 8.24. The Bertz CT molecular complexity index is 697. The van der Waals surface area contributed by atoms with E-state index < -0.39 is 0 Å². The van der Waals surface area contributed by atoms with Crippen molar-refractivity contribution in [2.45, 2.75) is 52.0 Å². The Hall–Kier alpha value is -2.17. The van der Waals surface area contributed by atoms with Gasteiger partial charge in [0, 0.05) is 23.7 Å². The van der Waals surface area contributed by atoms with Gasteiger partial charge in [0.2, 0.25) is 5.95 Å². The lowest BCUT2D eigenvalue weighted by atomic mass is 10.2. The van der Waals surface area contributed by atoms with Crippen LogP contribution in [0.1, 0.15) is 50.3 Å². The average Bonchev–Trinajstić information content (AvgIpc) is 3.35. The fourth-order valence-electron chi connectivity index (χ4n) is 2.38. The van der Waals surface area contributed by atoms with Gasteiger partial charge in [-0.1, -0.05) is 6.92 Å². The molecule has 0 unspecified atom stereocenters. The maximum Gasteiger partial charge on any atom is 0.225 e. The molecule has 0 radical (unpaired) electrons. The van der Waals surface area contributed by atoms with E-state index in [2.05, 4.69) is 34.4 Å². The second kappa shape index (κ2) is 6.52. The van der Waals surface area contributed by atoms with Gasteiger partial charge in [0.1, 0.15) is 11.6 Å². The molecular formula is C18H23FN4. The van der Waals surface area contributed by atoms with Crippen LogP contribution in [0.3, 0.4) is 0 Å². The molecule has 23 heavy (non-hydrogen) atoms. The van der Waals surface area contributed by atoms with Gasteiger partial charge in [-0.2, -0.15) is 4.98 Å². The van der Waals surface area contributed by atoms with Crippen molar-refractivity contribution < 1.29 is 4.39 Å². The molecule has 1 aliphatic carbocycles. The summed E-state index contributed by atoms with van der Waals surface area (Å²) in [6.45, 7) is 6.00. The third kappa shape index (κ3) is 3.97. The Balaban J connectivity index is 1.86. The number of nitrogens with zero attached hydrogens (tertiary/aromatic N) is 2. The van der Waals surface area contributed by atoms with Crippen LogP contribution in [-0.2, 0) is 0 Å². The largest absolute Gasteiger partial charge is 0.352 e. The Morgan fingerprint density at radius 2 is 2.04 bits per heavy atom. The molecule has 1 heterocycles. The summed E-state index contributed by atoms with van der Waals surface area (Å²) in [6.07, 6.45) is 3.39. The third-order valence-electron chi connectivity index (χ3n) is 4.16. The summed E-state index contributed by atoms with van der Waals surface area (Å²) in [4.78, 5) is 9.19. The van der Waals surface area contributed by atoms with Gasteiger partial charge in [-0.25, -0.2) is 9.37 Å². The quantitative estimate of drug-likeness (QED) is 0.807. The molecule has 1 aromatic heterocycles. The van der Waals surface area contributed by atoms with Crippen molar-refractivity contribution in [1.82, 2.24) is 9.97 Å². The van der Waals surface area contributed by atoms with E-state index >= 15 is 0 Å². The molecule has 0 saturated heterocycles. The molecule has 1 aliphatic rings. The first-order valence-corrected chi connectivity index (χ1v) is 8.24. The van der Waals surface area contributed by atoms with Crippen LogP contribution in [-0.4, -0.2) is 16.0 Å². The van der Waals surface area contributed by atoms with Crippen molar-refractivity contribution in [3.8, 4) is 0 Å². The SMILES string of the molecule is CC[C@H](C)Nc1nc(Nc2ccc(F)c(C)c2)cc(C2CC2)n1. The van der Waals surface area contributed by atoms with E-state index in [0.29, 0.717) is 23.5 Å². The molecule has 5 heteroatoms. The van der Waals surface area contributed by atoms with Gasteiger partial charge in [-0.3, -0.25) is 0 Å². The summed E-state index contributed by atoms with van der Waals surface area (Å²) in [7, 11) is 0. The molecule has 0 bridgehead atoms. The van der Waals surface area contributed by atoms with Crippen molar-refractivity contribution in [3.05, 3.63) is 41.3 Å². The number of nitrogens with one attached hydrogen (secondary N) is 2. The van der Waals surface area contributed by atoms with Crippen molar-refractivity contribution in [2.75, 3.05) is 10.6 Å². The summed E-state index contributed by atoms with van der Waals surface area (Å²) in [5, 5.41) is 6.61. The van der Waals surface area contributed by atoms with Crippen LogP contribution in [0.15, 0.2) is 24.3 Å². The Morgan fingerprint density at radius 3 is 2.70 bits per heavy atom. The zero-order valence-corrected chi connectivity index (χ0v) is 13.9. The minimum absolute atomic E-state index is 0.198. The summed E-state index contributed by atoms with van der Waals surface area (Å²) in [5.74, 6) is 1.76. The van der Waals surface area contributed by atoms with E-state index in [0.717, 1.165) is 23.6 Å². The number of aromatic nitrogens is 2. The smallest absolute Gasteiger partial charge is 0.225 e. The first kappa shape index (κ1) is 15.7. The van der Waals surface area contributed by atoms with Crippen LogP contribution in [0, 0.1) is 12.7 Å². The first-order chi connectivity index (χ1) is 11.0. The standard InChI is InChI=1S/C18H23FN4/c1-4-12(3)20-18-22-16(13-5-6-13)10-17(23-18)21-14-7-8-15(19)11(2)9-14/h7-10,12-13H,4-6H2,1-3H3,(H2,20,21,22,23)/t12-/m0/s1. The van der Waals surface area contributed by atoms with Crippen LogP contribution in [0.2, 0.25) is 0 Å². The molecular weight excluding hydrogens is 291 g/mol. The van der Waals surface area contributed by atoms with Crippen molar-refractivity contribution >= 4 is 17.5 Å². The topological polar surface area (TPSA) is 49.8 Å². The van der Waals surface area contributed by atoms with Crippen molar-refractivity contribution in [1.29, 1.82) is 0 Å². The van der Waals surface area contributed by atoms with Crippen molar-refractivity contribution in [3.63, 3.8) is 0 Å². The second-order valence-electron chi connectivity index (χ2n) is 6.32. The van der Waals surface area contributed by atoms with Gasteiger partial charge in [-0.15, -0.1) is 0 Å². The molecule has 0 spiro atoms. The predicted molar refractivity (Wildman–Crippen MR) is 91.8 cm³/mol. The van der Waals surface area contributed by atoms with Crippen LogP contribution in [0.25, 0.3) is 0 Å². The third-order valence-corrected chi connectivity index (χ3v) is 4.16. The monoisotopic (exact) mass is 314 g/mol. The number of aryl methyl sites for hydroxylation is 1. The highest BCUT2D eigenvalue weighted by atomic mass is 19.1. The zero-order valence-electron chi connectivity index (χ0n) is 13.9. The van der Waals surface area contributed by atoms with Crippen molar-refractivity contribution in [2.24, 2.45) is 0 Å². The number of benzene rings is 1. The van der Waals surface area contributed by atoms with E-state index in [4.69, 9.17) is 0 Å². The molecule has 2 N–H and O–H groups in total. The summed E-state index contributed by atoms with van der Waals surface area (Å²) in [5.41, 5.74) is 2.52. The van der Waals surface area contributed by atoms with Gasteiger partial charge >= 0.3 is 0 Å². The highest BCUT2D eigenvalue weighted by Crippen LogP contribution is 2.40. The highest BCUT2D eigenvalue weighted by molar-refractivity contribution is 5.59. The Labute approximate surface area is 136 Å². The van der Waals surface area contributed by atoms with E-state index in [1.807, 2.05) is 6.07 Å². The zero-order chi connectivity index (χ0) is 16.4. The number of hydrogen-bond acceptors (Lipinski definition) is 4. The Morgan fingerprint density at radius 1 is 1.26 bits per heavy atom. The molecule has 0 aliphatic heterocycles. The maximum atomic E-state index is 13.4. The van der Waals surface area contributed by atoms with Gasteiger partial charge in [0.15, 0.2) is 0 Å². The van der Waals surface area contributed by atoms with Gasteiger partial charge in [-0.05, 0) is 56.9 Å². The molecule has 0 amide bonds. The van der Waals surface area contributed by atoms with E-state index in [-0.39, 0.29) is 5.82 Å². The minimum atomic E-state index is -0.198. The molecule has 1 aromatic carbocycles. The molecule has 4 nitrogen and oxygen atoms in total. The number of rotatable bonds is 6. The lowest BCUT2D eigenvalue weighted by Crippen LogP contribution is -2.16. The van der Waals surface area contributed by atoms with Crippen LogP contribution < -0.4 is 10.6 Å². The molecule has 122 valence electrons. The van der Waals surface area contributed by atoms with Crippen LogP contribution in [0.4, 0.5) is 21.8 Å². The number of anilines is 3. The van der Waals surface area contributed by atoms with Gasteiger partial charge in [0.25, 0.3) is 0 Å². The minimum Gasteiger partial charge on any atom is -0.352 e. The summed E-state index contributed by atoms with van der Waals surface area (Å²) < 4.78 is 13.4. The fraction of sp³-hybridized carbons (Fsp3) is 0.444. The highest BCUT2D eigenvalue weighted by Gasteiger charge is 2.26. The van der Waals surface area contributed by atoms with E-state index in [1.54, 1.807) is 19.1 Å². The number of hydrogen-bond donors (Lipinski definition) is 2. The molecule has 1 atom stereocenters. The van der Waals surface area contributed by atoms with Crippen LogP contribution in [0.5, 0.6) is 0 Å². The van der Waals surface area contributed by atoms with Crippen LogP contribution >= 0.6 is 0 Å². The second-order valence-corrected chi connectivity index (χ2v) is 6.32. The predicted octanol–water partition coefficient (Wildman–Crippen LogP) is 4.76. The average molecular weight is 314 g/mol. The molecule has 1 saturated carbocycles. The molecule has 2 aromatic rings. The molecule has 1 fully saturated rings. The van der Waals surface area contributed by atoms with Gasteiger partial charge < -0.3 is 10.6 Å². The molecule has 3 rings (SSSR count). The number of halogens is 1. The summed E-state index contributed by atoms with van der Waals surface area (Å²) >= 11 is 0. The Kier molecular flexibility index (Phi) is 4.46. The lowest BCUT2D eigenvalue weighted by molar-refractivity contribution is 0.619. The van der Waals surface area contributed by atoms with E-state index in [1.165, 1.54) is 18.9 Å². The summed E-state index contributed by atoms with van der Waals surface area (Å²) in [6, 6.07) is 7.31. The fourth-order valence-corrected chi connectivity index (χ4v) is 2.38. The normalized spacial score (nSPS) is 15.3. The van der Waals surface area contributed by atoms with E-state index in [9.17, 15) is 4.39 Å².